The van der Waals surface area contributed by atoms with Crippen molar-refractivity contribution in [1.82, 2.24) is 4.98 Å². The highest BCUT2D eigenvalue weighted by Gasteiger charge is 2.19. The fraction of sp³-hybridized carbons (Fsp3) is 0.294. The molecule has 3 N–H and O–H groups in total. The topological polar surface area (TPSA) is 66.0 Å². The lowest BCUT2D eigenvalue weighted by Crippen LogP contribution is -2.27. The van der Waals surface area contributed by atoms with Crippen molar-refractivity contribution in [3.63, 3.8) is 0 Å². The predicted molar refractivity (Wildman–Crippen MR) is 85.8 cm³/mol. The van der Waals surface area contributed by atoms with Gasteiger partial charge in [0.15, 0.2) is 0 Å². The number of hydrogen-bond acceptors (Lipinski definition) is 3. The molecule has 2 heterocycles. The Morgan fingerprint density at radius 1 is 1.19 bits per heavy atom. The summed E-state index contributed by atoms with van der Waals surface area (Å²) in [5.74, 6) is 0.911. The molecule has 1 aliphatic heterocycles. The second-order valence-electron chi connectivity index (χ2n) is 5.53. The number of nitrogens with zero attached hydrogens (tertiary/aromatic N) is 2. The highest BCUT2D eigenvalue weighted by Crippen LogP contribution is 2.25. The minimum atomic E-state index is 0.0787. The maximum absolute atomic E-state index is 7.78. The number of hydrogen-bond donors (Lipinski definition) is 2. The Labute approximate surface area is 125 Å². The largest absolute Gasteiger partial charge is 0.384 e. The summed E-state index contributed by atoms with van der Waals surface area (Å²) in [6, 6.07) is 12.4. The van der Waals surface area contributed by atoms with Gasteiger partial charge in [-0.15, -0.1) is 0 Å². The number of benzene rings is 1. The highest BCUT2D eigenvalue weighted by molar-refractivity contribution is 5.99. The van der Waals surface area contributed by atoms with Gasteiger partial charge in [0.25, 0.3) is 0 Å². The van der Waals surface area contributed by atoms with Crippen LogP contribution in [0.4, 0.5) is 5.82 Å². The van der Waals surface area contributed by atoms with E-state index < -0.39 is 0 Å². The highest BCUT2D eigenvalue weighted by atomic mass is 15.2. The fourth-order valence-electron chi connectivity index (χ4n) is 2.88. The average molecular weight is 280 g/mol. The normalized spacial score (nSPS) is 14.4. The van der Waals surface area contributed by atoms with Gasteiger partial charge in [-0.2, -0.15) is 0 Å². The first kappa shape index (κ1) is 13.6. The molecule has 0 unspecified atom stereocenters. The van der Waals surface area contributed by atoms with Gasteiger partial charge in [0, 0.05) is 18.8 Å². The average Bonchev–Trinajstić information content (AvgIpc) is 2.68. The zero-order valence-corrected chi connectivity index (χ0v) is 12.3. The van der Waals surface area contributed by atoms with Crippen molar-refractivity contribution in [2.75, 3.05) is 11.4 Å². The van der Waals surface area contributed by atoms with Gasteiger partial charge in [0.2, 0.25) is 0 Å². The van der Waals surface area contributed by atoms with Gasteiger partial charge >= 0.3 is 0 Å². The van der Waals surface area contributed by atoms with E-state index in [4.69, 9.17) is 11.1 Å². The van der Waals surface area contributed by atoms with Crippen LogP contribution in [0.1, 0.15) is 28.8 Å². The molecule has 0 bridgehead atoms. The van der Waals surface area contributed by atoms with E-state index in [0.717, 1.165) is 43.0 Å². The third kappa shape index (κ3) is 2.75. The first-order valence-electron chi connectivity index (χ1n) is 7.29. The summed E-state index contributed by atoms with van der Waals surface area (Å²) in [4.78, 5) is 6.88. The number of nitrogens with two attached hydrogens (primary N) is 1. The SMILES string of the molecule is Cc1ccc(C(=N)N)c(N2CCCc3ccccc3C2)n1. The van der Waals surface area contributed by atoms with E-state index in [1.165, 1.54) is 11.1 Å². The van der Waals surface area contributed by atoms with E-state index >= 15 is 0 Å². The van der Waals surface area contributed by atoms with Gasteiger partial charge in [-0.25, -0.2) is 4.98 Å². The number of aromatic nitrogens is 1. The molecule has 1 aromatic heterocycles. The van der Waals surface area contributed by atoms with Crippen molar-refractivity contribution in [2.45, 2.75) is 26.3 Å². The molecule has 1 aliphatic rings. The van der Waals surface area contributed by atoms with E-state index in [-0.39, 0.29) is 5.84 Å². The van der Waals surface area contributed by atoms with Crippen molar-refractivity contribution < 1.29 is 0 Å². The molecule has 0 fully saturated rings. The molecule has 0 radical (unpaired) electrons. The minimum Gasteiger partial charge on any atom is -0.384 e. The van der Waals surface area contributed by atoms with E-state index in [0.29, 0.717) is 0 Å². The maximum Gasteiger partial charge on any atom is 0.140 e. The molecule has 0 saturated carbocycles. The van der Waals surface area contributed by atoms with Crippen molar-refractivity contribution >= 4 is 11.7 Å². The number of fused-ring (bicyclic) bond motifs is 1. The molecule has 0 spiro atoms. The molecular formula is C17H20N4. The molecule has 4 heteroatoms. The van der Waals surface area contributed by atoms with E-state index in [1.54, 1.807) is 0 Å². The molecule has 3 rings (SSSR count). The predicted octanol–water partition coefficient (Wildman–Crippen LogP) is 2.63. The standard InChI is InChI=1S/C17H20N4/c1-12-8-9-15(16(18)19)17(20-12)21-10-4-7-13-5-2-3-6-14(13)11-21/h2-3,5-6,8-9H,4,7,10-11H2,1H3,(H3,18,19). The third-order valence-electron chi connectivity index (χ3n) is 3.96. The summed E-state index contributed by atoms with van der Waals surface area (Å²) in [6.07, 6.45) is 2.18. The van der Waals surface area contributed by atoms with Gasteiger partial charge in [-0.1, -0.05) is 24.3 Å². The summed E-state index contributed by atoms with van der Waals surface area (Å²) in [5, 5.41) is 7.78. The van der Waals surface area contributed by atoms with Crippen molar-refractivity contribution in [3.05, 3.63) is 58.8 Å². The summed E-state index contributed by atoms with van der Waals surface area (Å²) < 4.78 is 0. The van der Waals surface area contributed by atoms with Crippen LogP contribution < -0.4 is 10.6 Å². The molecule has 108 valence electrons. The van der Waals surface area contributed by atoms with Gasteiger partial charge in [0.05, 0.1) is 5.56 Å². The molecule has 0 saturated heterocycles. The lowest BCUT2D eigenvalue weighted by molar-refractivity contribution is 0.752. The lowest BCUT2D eigenvalue weighted by atomic mass is 10.0. The van der Waals surface area contributed by atoms with Crippen LogP contribution in [-0.4, -0.2) is 17.4 Å². The quantitative estimate of drug-likeness (QED) is 0.656. The third-order valence-corrected chi connectivity index (χ3v) is 3.96. The number of anilines is 1. The van der Waals surface area contributed by atoms with Crippen molar-refractivity contribution in [3.8, 4) is 0 Å². The van der Waals surface area contributed by atoms with Crippen LogP contribution >= 0.6 is 0 Å². The van der Waals surface area contributed by atoms with Crippen molar-refractivity contribution in [1.29, 1.82) is 5.41 Å². The molecular weight excluding hydrogens is 260 g/mol. The minimum absolute atomic E-state index is 0.0787. The molecule has 2 aromatic rings. The smallest absolute Gasteiger partial charge is 0.140 e. The maximum atomic E-state index is 7.78. The Balaban J connectivity index is 2.01. The van der Waals surface area contributed by atoms with Crippen LogP contribution in [0.2, 0.25) is 0 Å². The van der Waals surface area contributed by atoms with Gasteiger partial charge in [-0.3, -0.25) is 5.41 Å². The zero-order chi connectivity index (χ0) is 14.8. The molecule has 4 nitrogen and oxygen atoms in total. The Kier molecular flexibility index (Phi) is 3.60. The first-order chi connectivity index (χ1) is 10.1. The monoisotopic (exact) mass is 280 g/mol. The van der Waals surface area contributed by atoms with Gasteiger partial charge < -0.3 is 10.6 Å². The van der Waals surface area contributed by atoms with E-state index in [2.05, 4.69) is 34.1 Å². The molecule has 1 aromatic carbocycles. The number of pyridine rings is 1. The zero-order valence-electron chi connectivity index (χ0n) is 12.3. The van der Waals surface area contributed by atoms with Crippen LogP contribution in [-0.2, 0) is 13.0 Å². The molecule has 0 atom stereocenters. The molecule has 21 heavy (non-hydrogen) atoms. The van der Waals surface area contributed by atoms with Crippen LogP contribution in [0.3, 0.4) is 0 Å². The summed E-state index contributed by atoms with van der Waals surface area (Å²) in [5.41, 5.74) is 10.1. The summed E-state index contributed by atoms with van der Waals surface area (Å²) >= 11 is 0. The lowest BCUT2D eigenvalue weighted by Gasteiger charge is -2.24. The van der Waals surface area contributed by atoms with E-state index in [9.17, 15) is 0 Å². The summed E-state index contributed by atoms with van der Waals surface area (Å²) in [6.45, 7) is 3.73. The van der Waals surface area contributed by atoms with Crippen LogP contribution in [0, 0.1) is 12.3 Å². The Morgan fingerprint density at radius 3 is 2.71 bits per heavy atom. The summed E-state index contributed by atoms with van der Waals surface area (Å²) in [7, 11) is 0. The Hall–Kier alpha value is -2.36. The van der Waals surface area contributed by atoms with Crippen molar-refractivity contribution in [2.24, 2.45) is 5.73 Å². The number of aryl methyl sites for hydroxylation is 2. The Morgan fingerprint density at radius 2 is 1.95 bits per heavy atom. The van der Waals surface area contributed by atoms with Gasteiger partial charge in [0.1, 0.15) is 11.7 Å². The van der Waals surface area contributed by atoms with Gasteiger partial charge in [-0.05, 0) is 43.0 Å². The molecule has 0 aliphatic carbocycles. The second kappa shape index (κ2) is 5.56. The number of nitrogens with one attached hydrogen (secondary N) is 1. The number of nitrogen functional groups attached to an aromatic ring is 1. The van der Waals surface area contributed by atoms with Crippen LogP contribution in [0.25, 0.3) is 0 Å². The first-order valence-corrected chi connectivity index (χ1v) is 7.29. The fourth-order valence-corrected chi connectivity index (χ4v) is 2.88. The molecule has 0 amide bonds. The Bertz CT molecular complexity index is 678. The van der Waals surface area contributed by atoms with E-state index in [1.807, 2.05) is 19.1 Å². The number of rotatable bonds is 2. The van der Waals surface area contributed by atoms with Crippen LogP contribution in [0.5, 0.6) is 0 Å². The second-order valence-corrected chi connectivity index (χ2v) is 5.53. The number of amidine groups is 1. The van der Waals surface area contributed by atoms with Crippen LogP contribution in [0.15, 0.2) is 36.4 Å².